The van der Waals surface area contributed by atoms with Crippen LogP contribution in [0.2, 0.25) is 0 Å². The Kier molecular flexibility index (Phi) is 2.70. The fraction of sp³-hybridized carbons (Fsp3) is 0.538. The van der Waals surface area contributed by atoms with Gasteiger partial charge in [-0.25, -0.2) is 0 Å². The molecule has 1 aromatic rings. The molecule has 3 atom stereocenters. The maximum atomic E-state index is 5.89. The van der Waals surface area contributed by atoms with Crippen molar-refractivity contribution >= 4 is 0 Å². The molecule has 1 aliphatic carbocycles. The molecule has 0 heterocycles. The maximum Gasteiger partial charge on any atom is 0.121 e. The maximum absolute atomic E-state index is 5.89. The van der Waals surface area contributed by atoms with Crippen LogP contribution in [-0.2, 0) is 0 Å². The molecule has 0 aliphatic heterocycles. The molecular weight excluding hydrogens is 186 g/mol. The van der Waals surface area contributed by atoms with Crippen molar-refractivity contribution in [3.63, 3.8) is 0 Å². The van der Waals surface area contributed by atoms with Crippen LogP contribution in [0.3, 0.4) is 0 Å². The molecule has 0 radical (unpaired) electrons. The number of rotatable bonds is 3. The molecule has 0 spiro atoms. The Hall–Kier alpha value is -1.02. The van der Waals surface area contributed by atoms with E-state index in [9.17, 15) is 0 Å². The van der Waals surface area contributed by atoms with Crippen molar-refractivity contribution in [1.29, 1.82) is 0 Å². The quantitative estimate of drug-likeness (QED) is 0.822. The molecule has 0 amide bonds. The molecule has 15 heavy (non-hydrogen) atoms. The average molecular weight is 205 g/mol. The monoisotopic (exact) mass is 205 g/mol. The van der Waals surface area contributed by atoms with Crippen molar-refractivity contribution in [3.05, 3.63) is 29.3 Å². The summed E-state index contributed by atoms with van der Waals surface area (Å²) in [6.45, 7) is 4.19. The molecule has 2 nitrogen and oxygen atoms in total. The van der Waals surface area contributed by atoms with Crippen LogP contribution in [0.25, 0.3) is 0 Å². The van der Waals surface area contributed by atoms with Gasteiger partial charge in [0.15, 0.2) is 0 Å². The lowest BCUT2D eigenvalue weighted by Crippen LogP contribution is -2.17. The predicted molar refractivity (Wildman–Crippen MR) is 62.2 cm³/mol. The highest BCUT2D eigenvalue weighted by Gasteiger charge is 2.40. The summed E-state index contributed by atoms with van der Waals surface area (Å²) in [6.07, 6.45) is 1.24. The van der Waals surface area contributed by atoms with Gasteiger partial charge < -0.3 is 10.5 Å². The highest BCUT2D eigenvalue weighted by atomic mass is 16.5. The van der Waals surface area contributed by atoms with E-state index < -0.39 is 0 Å². The van der Waals surface area contributed by atoms with Gasteiger partial charge in [0.2, 0.25) is 0 Å². The Morgan fingerprint density at radius 2 is 2.20 bits per heavy atom. The van der Waals surface area contributed by atoms with E-state index in [4.69, 9.17) is 10.5 Å². The normalized spacial score (nSPS) is 26.1. The Morgan fingerprint density at radius 3 is 2.67 bits per heavy atom. The smallest absolute Gasteiger partial charge is 0.121 e. The van der Waals surface area contributed by atoms with Crippen molar-refractivity contribution in [2.45, 2.75) is 32.2 Å². The van der Waals surface area contributed by atoms with Gasteiger partial charge in [0, 0.05) is 6.04 Å². The fourth-order valence-corrected chi connectivity index (χ4v) is 2.31. The molecule has 3 unspecified atom stereocenters. The molecule has 0 bridgehead atoms. The summed E-state index contributed by atoms with van der Waals surface area (Å²) in [4.78, 5) is 0. The first-order chi connectivity index (χ1) is 7.13. The molecule has 1 aromatic carbocycles. The predicted octanol–water partition coefficient (Wildman–Crippen LogP) is 2.45. The van der Waals surface area contributed by atoms with Crippen LogP contribution >= 0.6 is 0 Å². The minimum Gasteiger partial charge on any atom is -0.496 e. The number of benzene rings is 1. The van der Waals surface area contributed by atoms with E-state index in [0.717, 1.165) is 5.75 Å². The number of aryl methyl sites for hydroxylation is 1. The van der Waals surface area contributed by atoms with E-state index >= 15 is 0 Å². The van der Waals surface area contributed by atoms with Crippen molar-refractivity contribution in [2.75, 3.05) is 7.11 Å². The largest absolute Gasteiger partial charge is 0.496 e. The second-order valence-corrected chi connectivity index (χ2v) is 4.59. The van der Waals surface area contributed by atoms with Crippen LogP contribution in [0.5, 0.6) is 5.75 Å². The van der Waals surface area contributed by atoms with Crippen molar-refractivity contribution in [2.24, 2.45) is 11.7 Å². The molecule has 1 saturated carbocycles. The minimum atomic E-state index is 0.317. The second kappa shape index (κ2) is 3.86. The van der Waals surface area contributed by atoms with E-state index in [0.29, 0.717) is 17.9 Å². The van der Waals surface area contributed by atoms with Crippen LogP contribution in [0.1, 0.15) is 30.4 Å². The Balaban J connectivity index is 2.15. The third kappa shape index (κ3) is 2.00. The van der Waals surface area contributed by atoms with Gasteiger partial charge >= 0.3 is 0 Å². The Bertz CT molecular complexity index is 360. The van der Waals surface area contributed by atoms with Gasteiger partial charge in [-0.15, -0.1) is 0 Å². The number of methoxy groups -OCH3 is 1. The lowest BCUT2D eigenvalue weighted by Gasteiger charge is -2.08. The summed E-state index contributed by atoms with van der Waals surface area (Å²) >= 11 is 0. The molecule has 82 valence electrons. The van der Waals surface area contributed by atoms with E-state index in [1.807, 2.05) is 0 Å². The van der Waals surface area contributed by atoms with Gasteiger partial charge in [-0.1, -0.05) is 12.1 Å². The highest BCUT2D eigenvalue weighted by molar-refractivity contribution is 5.39. The summed E-state index contributed by atoms with van der Waals surface area (Å²) in [6, 6.07) is 6.77. The first kappa shape index (κ1) is 10.5. The molecule has 2 heteroatoms. The van der Waals surface area contributed by atoms with Crippen LogP contribution in [0.15, 0.2) is 18.2 Å². The Labute approximate surface area is 91.4 Å². The van der Waals surface area contributed by atoms with Crippen LogP contribution in [0, 0.1) is 12.8 Å². The summed E-state index contributed by atoms with van der Waals surface area (Å²) in [7, 11) is 1.71. The number of ether oxygens (including phenoxy) is 1. The first-order valence-corrected chi connectivity index (χ1v) is 5.53. The number of hydrogen-bond donors (Lipinski definition) is 1. The number of hydrogen-bond acceptors (Lipinski definition) is 2. The molecular formula is C13H19NO. The Morgan fingerprint density at radius 1 is 1.47 bits per heavy atom. The first-order valence-electron chi connectivity index (χ1n) is 5.53. The SMILES string of the molecule is COc1ccc(C2CC2C(C)N)cc1C. The summed E-state index contributed by atoms with van der Waals surface area (Å²) in [5, 5.41) is 0. The van der Waals surface area contributed by atoms with E-state index in [-0.39, 0.29) is 0 Å². The summed E-state index contributed by atoms with van der Waals surface area (Å²) < 4.78 is 5.25. The van der Waals surface area contributed by atoms with Gasteiger partial charge in [-0.2, -0.15) is 0 Å². The fourth-order valence-electron chi connectivity index (χ4n) is 2.31. The average Bonchev–Trinajstić information content (AvgIpc) is 2.97. The number of nitrogens with two attached hydrogens (primary N) is 1. The van der Waals surface area contributed by atoms with Gasteiger partial charge in [-0.3, -0.25) is 0 Å². The van der Waals surface area contributed by atoms with Gasteiger partial charge in [0.1, 0.15) is 5.75 Å². The molecule has 2 N–H and O–H groups in total. The molecule has 1 fully saturated rings. The third-order valence-corrected chi connectivity index (χ3v) is 3.36. The van der Waals surface area contributed by atoms with E-state index in [1.165, 1.54) is 17.5 Å². The molecule has 0 saturated heterocycles. The zero-order valence-corrected chi connectivity index (χ0v) is 9.66. The summed E-state index contributed by atoms with van der Waals surface area (Å²) in [5.41, 5.74) is 8.52. The second-order valence-electron chi connectivity index (χ2n) is 4.59. The third-order valence-electron chi connectivity index (χ3n) is 3.36. The zero-order chi connectivity index (χ0) is 11.0. The van der Waals surface area contributed by atoms with Crippen LogP contribution in [0.4, 0.5) is 0 Å². The van der Waals surface area contributed by atoms with Crippen molar-refractivity contribution < 1.29 is 4.74 Å². The molecule has 0 aromatic heterocycles. The van der Waals surface area contributed by atoms with Gasteiger partial charge in [-0.05, 0) is 49.3 Å². The minimum absolute atomic E-state index is 0.317. The van der Waals surface area contributed by atoms with Crippen LogP contribution < -0.4 is 10.5 Å². The standard InChI is InChI=1S/C13H19NO/c1-8-6-10(4-5-13(8)15-3)12-7-11(12)9(2)14/h4-6,9,11-12H,7,14H2,1-3H3. The molecule has 2 rings (SSSR count). The van der Waals surface area contributed by atoms with Crippen molar-refractivity contribution in [3.8, 4) is 5.75 Å². The van der Waals surface area contributed by atoms with E-state index in [1.54, 1.807) is 7.11 Å². The van der Waals surface area contributed by atoms with E-state index in [2.05, 4.69) is 32.0 Å². The van der Waals surface area contributed by atoms with Gasteiger partial charge in [0.05, 0.1) is 7.11 Å². The van der Waals surface area contributed by atoms with Crippen molar-refractivity contribution in [1.82, 2.24) is 0 Å². The summed E-state index contributed by atoms with van der Waals surface area (Å²) in [5.74, 6) is 2.32. The van der Waals surface area contributed by atoms with Gasteiger partial charge in [0.25, 0.3) is 0 Å². The highest BCUT2D eigenvalue weighted by Crippen LogP contribution is 2.49. The lowest BCUT2D eigenvalue weighted by molar-refractivity contribution is 0.411. The topological polar surface area (TPSA) is 35.2 Å². The lowest BCUT2D eigenvalue weighted by atomic mass is 10.0. The molecule has 1 aliphatic rings. The van der Waals surface area contributed by atoms with Crippen LogP contribution in [-0.4, -0.2) is 13.2 Å². The zero-order valence-electron chi connectivity index (χ0n) is 9.66.